The van der Waals surface area contributed by atoms with Crippen LogP contribution in [0.1, 0.15) is 70.5 Å². The van der Waals surface area contributed by atoms with Crippen molar-refractivity contribution in [1.82, 2.24) is 0 Å². The molecule has 4 N–H and O–H groups in total. The summed E-state index contributed by atoms with van der Waals surface area (Å²) in [5, 5.41) is 35.1. The van der Waals surface area contributed by atoms with Crippen LogP contribution in [0, 0.1) is 26.7 Å². The van der Waals surface area contributed by atoms with Gasteiger partial charge in [-0.25, -0.2) is 9.59 Å². The van der Waals surface area contributed by atoms with E-state index in [1.165, 1.54) is 0 Å². The molecular weight excluding hydrogens is 424 g/mol. The number of aliphatic hydroxyl groups excluding tert-OH is 2. The summed E-state index contributed by atoms with van der Waals surface area (Å²) in [6.45, 7) is 9.53. The summed E-state index contributed by atoms with van der Waals surface area (Å²) in [4.78, 5) is 32.0. The highest BCUT2D eigenvalue weighted by atomic mass is 16.4. The second kappa shape index (κ2) is 15.7. The minimum absolute atomic E-state index is 0.0833. The summed E-state index contributed by atoms with van der Waals surface area (Å²) >= 11 is 0. The minimum Gasteiger partial charge on any atom is -0.478 e. The molecule has 7 nitrogen and oxygen atoms in total. The largest absolute Gasteiger partial charge is 0.478 e. The van der Waals surface area contributed by atoms with Crippen LogP contribution in [0.2, 0.25) is 0 Å². The monoisotopic (exact) mass is 460 g/mol. The topological polar surface area (TPSA) is 132 Å². The Bertz CT molecular complexity index is 864. The van der Waals surface area contributed by atoms with Crippen molar-refractivity contribution in [2.24, 2.45) is 5.92 Å². The van der Waals surface area contributed by atoms with E-state index in [4.69, 9.17) is 15.3 Å². The lowest BCUT2D eigenvalue weighted by atomic mass is 9.97. The Morgan fingerprint density at radius 3 is 1.76 bits per heavy atom. The number of aliphatic carboxylic acids is 1. The van der Waals surface area contributed by atoms with Crippen LogP contribution in [0.5, 0.6) is 0 Å². The Kier molecular flexibility index (Phi) is 14.3. The van der Waals surface area contributed by atoms with Gasteiger partial charge in [0.2, 0.25) is 0 Å². The lowest BCUT2D eigenvalue weighted by molar-refractivity contribution is -0.131. The molecule has 33 heavy (non-hydrogen) atoms. The number of ketones is 1. The molecule has 0 spiro atoms. The van der Waals surface area contributed by atoms with Gasteiger partial charge in [0.1, 0.15) is 0 Å². The van der Waals surface area contributed by atoms with Gasteiger partial charge < -0.3 is 20.4 Å². The highest BCUT2D eigenvalue weighted by Crippen LogP contribution is 2.17. The van der Waals surface area contributed by atoms with Gasteiger partial charge in [0.25, 0.3) is 5.78 Å². The third-order valence-electron chi connectivity index (χ3n) is 5.01. The molecule has 2 aromatic rings. The predicted molar refractivity (Wildman–Crippen MR) is 128 cm³/mol. The lowest BCUT2D eigenvalue weighted by Gasteiger charge is -2.17. The molecule has 0 aromatic heterocycles. The zero-order valence-corrected chi connectivity index (χ0v) is 20.0. The molecule has 2 unspecified atom stereocenters. The minimum atomic E-state index is -1.40. The van der Waals surface area contributed by atoms with Crippen LogP contribution in [0.15, 0.2) is 42.5 Å². The standard InChI is InChI=1S/C11H12O3.C8H18O2.C7H6O2/c1-6-4-7(2)9(8(3)5-6)10(12)11(13)14;1-3-5-8(10)7(4-2)6-9;8-7(9)6-4-2-1-3-5-6/h4-5H,1-3H3,(H,13,14);7-10H,3-6H2,1-2H3;1-5H,(H,8,9). The summed E-state index contributed by atoms with van der Waals surface area (Å²) in [5.74, 6) is -3.03. The summed E-state index contributed by atoms with van der Waals surface area (Å²) < 4.78 is 0. The Hall–Kier alpha value is -3.03. The van der Waals surface area contributed by atoms with E-state index in [2.05, 4.69) is 0 Å². The van der Waals surface area contributed by atoms with Crippen molar-refractivity contribution in [2.45, 2.75) is 60.0 Å². The zero-order chi connectivity index (χ0) is 25.6. The zero-order valence-electron chi connectivity index (χ0n) is 20.0. The molecular formula is C26H36O7. The van der Waals surface area contributed by atoms with Crippen LogP contribution in [0.4, 0.5) is 0 Å². The van der Waals surface area contributed by atoms with Crippen LogP contribution in [0.3, 0.4) is 0 Å². The average molecular weight is 461 g/mol. The van der Waals surface area contributed by atoms with Crippen molar-refractivity contribution in [3.63, 3.8) is 0 Å². The normalized spacial score (nSPS) is 11.7. The number of Topliss-reactive ketones (excluding diaryl/α,β-unsaturated/α-hetero) is 1. The third kappa shape index (κ3) is 10.9. The van der Waals surface area contributed by atoms with Crippen molar-refractivity contribution in [1.29, 1.82) is 0 Å². The number of carboxylic acids is 2. The van der Waals surface area contributed by atoms with Crippen molar-refractivity contribution in [3.05, 3.63) is 70.3 Å². The highest BCUT2D eigenvalue weighted by molar-refractivity contribution is 6.40. The van der Waals surface area contributed by atoms with Crippen LogP contribution in [0.25, 0.3) is 0 Å². The van der Waals surface area contributed by atoms with E-state index in [0.29, 0.717) is 11.1 Å². The van der Waals surface area contributed by atoms with Gasteiger partial charge in [-0.1, -0.05) is 56.2 Å². The number of carboxylic acid groups (broad SMARTS) is 2. The van der Waals surface area contributed by atoms with Gasteiger partial charge in [0.15, 0.2) is 0 Å². The second-order valence-corrected chi connectivity index (χ2v) is 7.79. The molecule has 2 aromatic carbocycles. The fourth-order valence-corrected chi connectivity index (χ4v) is 3.28. The van der Waals surface area contributed by atoms with Crippen LogP contribution >= 0.6 is 0 Å². The van der Waals surface area contributed by atoms with E-state index in [0.717, 1.165) is 36.0 Å². The van der Waals surface area contributed by atoms with Gasteiger partial charge in [0, 0.05) is 18.1 Å². The molecule has 2 rings (SSSR count). The van der Waals surface area contributed by atoms with E-state index in [-0.39, 0.29) is 18.6 Å². The van der Waals surface area contributed by atoms with E-state index in [9.17, 15) is 19.5 Å². The molecule has 0 bridgehead atoms. The van der Waals surface area contributed by atoms with Gasteiger partial charge in [-0.15, -0.1) is 0 Å². The van der Waals surface area contributed by atoms with Gasteiger partial charge >= 0.3 is 11.9 Å². The molecule has 182 valence electrons. The number of aliphatic hydroxyl groups is 2. The number of benzene rings is 2. The molecule has 0 aliphatic carbocycles. The van der Waals surface area contributed by atoms with Crippen molar-refractivity contribution < 1.29 is 34.8 Å². The number of rotatable bonds is 8. The molecule has 0 fully saturated rings. The van der Waals surface area contributed by atoms with Crippen LogP contribution in [-0.4, -0.2) is 50.9 Å². The first-order valence-electron chi connectivity index (χ1n) is 10.9. The lowest BCUT2D eigenvalue weighted by Crippen LogP contribution is -2.22. The quantitative estimate of drug-likeness (QED) is 0.338. The molecule has 7 heteroatoms. The van der Waals surface area contributed by atoms with Crippen LogP contribution < -0.4 is 0 Å². The van der Waals surface area contributed by atoms with Crippen molar-refractivity contribution >= 4 is 17.7 Å². The Balaban J connectivity index is 0.000000481. The van der Waals surface area contributed by atoms with E-state index in [1.54, 1.807) is 44.2 Å². The maximum atomic E-state index is 11.3. The first kappa shape index (κ1) is 30.0. The fraction of sp³-hybridized carbons (Fsp3) is 0.423. The summed E-state index contributed by atoms with van der Waals surface area (Å²) in [5.41, 5.74) is 3.10. The molecule has 0 radical (unpaired) electrons. The van der Waals surface area contributed by atoms with Crippen molar-refractivity contribution in [3.8, 4) is 0 Å². The molecule has 0 aliphatic rings. The van der Waals surface area contributed by atoms with Gasteiger partial charge in [-0.2, -0.15) is 0 Å². The molecule has 2 atom stereocenters. The summed E-state index contributed by atoms with van der Waals surface area (Å²) in [7, 11) is 0. The van der Waals surface area contributed by atoms with Crippen LogP contribution in [-0.2, 0) is 4.79 Å². The number of carbonyl (C=O) groups is 3. The van der Waals surface area contributed by atoms with Gasteiger partial charge in [0.05, 0.1) is 11.7 Å². The summed E-state index contributed by atoms with van der Waals surface area (Å²) in [6.07, 6.45) is 2.34. The number of aromatic carboxylic acids is 1. The average Bonchev–Trinajstić information content (AvgIpc) is 2.75. The summed E-state index contributed by atoms with van der Waals surface area (Å²) in [6, 6.07) is 11.9. The molecule has 0 heterocycles. The van der Waals surface area contributed by atoms with E-state index in [1.807, 2.05) is 32.9 Å². The van der Waals surface area contributed by atoms with E-state index >= 15 is 0 Å². The maximum absolute atomic E-state index is 11.3. The fourth-order valence-electron chi connectivity index (χ4n) is 3.28. The number of carbonyl (C=O) groups excluding carboxylic acids is 1. The molecule has 0 saturated heterocycles. The number of hydrogen-bond donors (Lipinski definition) is 4. The van der Waals surface area contributed by atoms with E-state index < -0.39 is 17.7 Å². The predicted octanol–water partition coefficient (Wildman–Crippen LogP) is 4.43. The molecule has 0 aliphatic heterocycles. The number of aryl methyl sites for hydroxylation is 3. The SMILES string of the molecule is CCCC(O)C(CC)CO.Cc1cc(C)c(C(=O)C(=O)O)c(C)c1.O=C(O)c1ccccc1. The third-order valence-corrected chi connectivity index (χ3v) is 5.01. The Morgan fingerprint density at radius 2 is 1.42 bits per heavy atom. The van der Waals surface area contributed by atoms with Gasteiger partial charge in [-0.05, 0) is 56.9 Å². The van der Waals surface area contributed by atoms with Crippen molar-refractivity contribution in [2.75, 3.05) is 6.61 Å². The molecule has 0 saturated carbocycles. The first-order valence-corrected chi connectivity index (χ1v) is 10.9. The first-order chi connectivity index (χ1) is 15.5. The highest BCUT2D eigenvalue weighted by Gasteiger charge is 2.19. The molecule has 0 amide bonds. The van der Waals surface area contributed by atoms with Gasteiger partial charge in [-0.3, -0.25) is 4.79 Å². The Morgan fingerprint density at radius 1 is 0.909 bits per heavy atom. The maximum Gasteiger partial charge on any atom is 0.377 e. The second-order valence-electron chi connectivity index (χ2n) is 7.79. The number of hydrogen-bond acceptors (Lipinski definition) is 5. The smallest absolute Gasteiger partial charge is 0.377 e. The Labute approximate surface area is 195 Å².